The lowest BCUT2D eigenvalue weighted by Crippen LogP contribution is -2.11. The number of aromatic nitrogens is 1. The number of fused-ring (bicyclic) bond motifs is 2. The first-order valence-electron chi connectivity index (χ1n) is 6.69. The maximum Gasteiger partial charge on any atom is 0.215 e. The van der Waals surface area contributed by atoms with Crippen molar-refractivity contribution in [3.63, 3.8) is 0 Å². The molecule has 0 bridgehead atoms. The van der Waals surface area contributed by atoms with Crippen molar-refractivity contribution < 1.29 is 9.90 Å². The Kier molecular flexibility index (Phi) is 2.30. The van der Waals surface area contributed by atoms with E-state index in [0.29, 0.717) is 22.3 Å². The van der Waals surface area contributed by atoms with Crippen molar-refractivity contribution in [2.24, 2.45) is 4.99 Å². The van der Waals surface area contributed by atoms with Crippen molar-refractivity contribution in [3.8, 4) is 5.75 Å². The van der Waals surface area contributed by atoms with Gasteiger partial charge in [0.25, 0.3) is 0 Å². The van der Waals surface area contributed by atoms with Crippen LogP contribution in [-0.4, -0.2) is 21.6 Å². The van der Waals surface area contributed by atoms with Gasteiger partial charge in [-0.15, -0.1) is 0 Å². The number of aromatic hydroxyl groups is 1. The molecule has 0 radical (unpaired) electrons. The Hall–Kier alpha value is -2.88. The largest absolute Gasteiger partial charge is 0.505 e. The summed E-state index contributed by atoms with van der Waals surface area (Å²) in [5.41, 5.74) is 3.71. The number of benzene rings is 2. The minimum absolute atomic E-state index is 0.0774. The van der Waals surface area contributed by atoms with Gasteiger partial charge < -0.3 is 10.1 Å². The van der Waals surface area contributed by atoms with E-state index in [1.807, 2.05) is 37.3 Å². The fourth-order valence-electron chi connectivity index (χ4n) is 2.69. The SMILES string of the molecule is Cc1ccc2[nH]c(C3=Nc4ccccc4C3=O)c(O)c2c1. The molecule has 21 heavy (non-hydrogen) atoms. The number of nitrogens with one attached hydrogen (secondary N) is 1. The van der Waals surface area contributed by atoms with Crippen molar-refractivity contribution in [1.82, 2.24) is 4.98 Å². The average molecular weight is 276 g/mol. The zero-order chi connectivity index (χ0) is 14.6. The highest BCUT2D eigenvalue weighted by atomic mass is 16.3. The smallest absolute Gasteiger partial charge is 0.215 e. The molecule has 4 rings (SSSR count). The van der Waals surface area contributed by atoms with Gasteiger partial charge >= 0.3 is 0 Å². The standard InChI is InChI=1S/C17H12N2O2/c1-9-6-7-13-11(8-9)17(21)15(19-13)14-16(20)10-4-2-3-5-12(10)18-14/h2-8,19,21H,1H3. The predicted molar refractivity (Wildman–Crippen MR) is 81.7 cm³/mol. The van der Waals surface area contributed by atoms with E-state index in [1.165, 1.54) is 0 Å². The molecule has 2 heterocycles. The number of H-pyrrole nitrogens is 1. The average Bonchev–Trinajstić information content (AvgIpc) is 2.98. The molecule has 4 nitrogen and oxygen atoms in total. The molecular formula is C17H12N2O2. The third kappa shape index (κ3) is 1.62. The van der Waals surface area contributed by atoms with Crippen LogP contribution < -0.4 is 0 Å². The number of ketones is 1. The monoisotopic (exact) mass is 276 g/mol. The number of rotatable bonds is 1. The molecule has 3 aromatic rings. The third-order valence-electron chi connectivity index (χ3n) is 3.76. The molecule has 0 unspecified atom stereocenters. The highest BCUT2D eigenvalue weighted by molar-refractivity contribution is 6.55. The lowest BCUT2D eigenvalue weighted by atomic mass is 10.1. The molecule has 4 heteroatoms. The maximum absolute atomic E-state index is 12.4. The Morgan fingerprint density at radius 1 is 1.14 bits per heavy atom. The predicted octanol–water partition coefficient (Wildman–Crippen LogP) is 3.50. The van der Waals surface area contributed by atoms with Gasteiger partial charge in [0.15, 0.2) is 5.75 Å². The summed E-state index contributed by atoms with van der Waals surface area (Å²) in [6.45, 7) is 1.96. The van der Waals surface area contributed by atoms with Gasteiger partial charge in [-0.3, -0.25) is 4.79 Å². The summed E-state index contributed by atoms with van der Waals surface area (Å²) in [5, 5.41) is 11.1. The first-order chi connectivity index (χ1) is 10.1. The minimum Gasteiger partial charge on any atom is -0.505 e. The summed E-state index contributed by atoms with van der Waals surface area (Å²) in [4.78, 5) is 19.9. The van der Waals surface area contributed by atoms with Crippen LogP contribution >= 0.6 is 0 Å². The number of aromatic amines is 1. The Labute approximate surface area is 120 Å². The molecule has 1 aromatic heterocycles. The topological polar surface area (TPSA) is 65.5 Å². The Morgan fingerprint density at radius 3 is 2.76 bits per heavy atom. The molecular weight excluding hydrogens is 264 g/mol. The van der Waals surface area contributed by atoms with Gasteiger partial charge in [0.2, 0.25) is 5.78 Å². The number of aliphatic imine (C=N–C) groups is 1. The van der Waals surface area contributed by atoms with Gasteiger partial charge in [0.05, 0.1) is 5.69 Å². The summed E-state index contributed by atoms with van der Waals surface area (Å²) in [6, 6.07) is 12.9. The number of carbonyl (C=O) groups excluding carboxylic acids is 1. The third-order valence-corrected chi connectivity index (χ3v) is 3.76. The Morgan fingerprint density at radius 2 is 1.95 bits per heavy atom. The van der Waals surface area contributed by atoms with Crippen molar-refractivity contribution in [1.29, 1.82) is 0 Å². The zero-order valence-electron chi connectivity index (χ0n) is 11.3. The molecule has 0 amide bonds. The first-order valence-corrected chi connectivity index (χ1v) is 6.69. The lowest BCUT2D eigenvalue weighted by molar-refractivity contribution is 0.107. The van der Waals surface area contributed by atoms with Crippen LogP contribution in [0, 0.1) is 6.92 Å². The molecule has 2 aromatic carbocycles. The van der Waals surface area contributed by atoms with Crippen LogP contribution in [-0.2, 0) is 0 Å². The zero-order valence-corrected chi connectivity index (χ0v) is 11.3. The molecule has 0 atom stereocenters. The van der Waals surface area contributed by atoms with Gasteiger partial charge in [0, 0.05) is 16.5 Å². The molecule has 0 fully saturated rings. The Balaban J connectivity index is 1.93. The van der Waals surface area contributed by atoms with Crippen LogP contribution in [0.2, 0.25) is 0 Å². The maximum atomic E-state index is 12.4. The quantitative estimate of drug-likeness (QED) is 0.714. The van der Waals surface area contributed by atoms with Crippen LogP contribution in [0.5, 0.6) is 5.75 Å². The fraction of sp³-hybridized carbons (Fsp3) is 0.0588. The van der Waals surface area contributed by atoms with E-state index in [2.05, 4.69) is 9.98 Å². The second-order valence-electron chi connectivity index (χ2n) is 5.20. The van der Waals surface area contributed by atoms with Crippen molar-refractivity contribution in [2.45, 2.75) is 6.92 Å². The summed E-state index contributed by atoms with van der Waals surface area (Å²) in [6.07, 6.45) is 0. The number of hydrogen-bond donors (Lipinski definition) is 2. The summed E-state index contributed by atoms with van der Waals surface area (Å²) in [7, 11) is 0. The van der Waals surface area contributed by atoms with Gasteiger partial charge in [-0.05, 0) is 31.2 Å². The summed E-state index contributed by atoms with van der Waals surface area (Å²) < 4.78 is 0. The van der Waals surface area contributed by atoms with Gasteiger partial charge in [-0.25, -0.2) is 4.99 Å². The van der Waals surface area contributed by atoms with E-state index in [1.54, 1.807) is 12.1 Å². The van der Waals surface area contributed by atoms with E-state index in [-0.39, 0.29) is 17.2 Å². The highest BCUT2D eigenvalue weighted by Gasteiger charge is 2.29. The number of hydrogen-bond acceptors (Lipinski definition) is 3. The second-order valence-corrected chi connectivity index (χ2v) is 5.20. The van der Waals surface area contributed by atoms with Crippen LogP contribution in [0.4, 0.5) is 5.69 Å². The molecule has 0 saturated carbocycles. The molecule has 0 aliphatic carbocycles. The number of carbonyl (C=O) groups is 1. The molecule has 0 spiro atoms. The lowest BCUT2D eigenvalue weighted by Gasteiger charge is -1.97. The Bertz CT molecular complexity index is 935. The van der Waals surface area contributed by atoms with E-state index in [9.17, 15) is 9.90 Å². The van der Waals surface area contributed by atoms with Gasteiger partial charge in [-0.2, -0.15) is 0 Å². The van der Waals surface area contributed by atoms with E-state index in [4.69, 9.17) is 0 Å². The summed E-state index contributed by atoms with van der Waals surface area (Å²) >= 11 is 0. The molecule has 102 valence electrons. The highest BCUT2D eigenvalue weighted by Crippen LogP contribution is 2.35. The van der Waals surface area contributed by atoms with Crippen LogP contribution in [0.1, 0.15) is 21.6 Å². The molecule has 1 aliphatic rings. The molecule has 1 aliphatic heterocycles. The minimum atomic E-state index is -0.163. The molecule has 2 N–H and O–H groups in total. The number of para-hydroxylation sites is 1. The van der Waals surface area contributed by atoms with E-state index >= 15 is 0 Å². The van der Waals surface area contributed by atoms with Crippen LogP contribution in [0.25, 0.3) is 10.9 Å². The van der Waals surface area contributed by atoms with Gasteiger partial charge in [-0.1, -0.05) is 23.8 Å². The van der Waals surface area contributed by atoms with E-state index in [0.717, 1.165) is 11.1 Å². The second kappa shape index (κ2) is 4.06. The first kappa shape index (κ1) is 11.9. The van der Waals surface area contributed by atoms with Crippen LogP contribution in [0.15, 0.2) is 47.5 Å². The number of aryl methyl sites for hydroxylation is 1. The van der Waals surface area contributed by atoms with Crippen LogP contribution in [0.3, 0.4) is 0 Å². The molecule has 0 saturated heterocycles. The van der Waals surface area contributed by atoms with Crippen molar-refractivity contribution >= 4 is 28.1 Å². The van der Waals surface area contributed by atoms with E-state index < -0.39 is 0 Å². The summed E-state index contributed by atoms with van der Waals surface area (Å²) in [5.74, 6) is -0.0854. The number of nitrogens with zero attached hydrogens (tertiary/aromatic N) is 1. The van der Waals surface area contributed by atoms with Crippen molar-refractivity contribution in [2.75, 3.05) is 0 Å². The fourth-order valence-corrected chi connectivity index (χ4v) is 2.69. The van der Waals surface area contributed by atoms with Gasteiger partial charge in [0.1, 0.15) is 11.4 Å². The normalized spacial score (nSPS) is 13.6. The van der Waals surface area contributed by atoms with Crippen molar-refractivity contribution in [3.05, 3.63) is 59.3 Å². The number of Topliss-reactive ketones (excluding diaryl/α,β-unsaturated/α-hetero) is 1.